The third-order valence-corrected chi connectivity index (χ3v) is 3.94. The molecule has 1 heterocycles. The third kappa shape index (κ3) is 2.91. The topological polar surface area (TPSA) is 89.6 Å². The Kier molecular flexibility index (Phi) is 4.67. The summed E-state index contributed by atoms with van der Waals surface area (Å²) in [5.41, 5.74) is 6.15. The highest BCUT2D eigenvalue weighted by Crippen LogP contribution is 2.45. The molecule has 2 rings (SSSR count). The molecule has 0 bridgehead atoms. The maximum atomic E-state index is 9.48. The zero-order chi connectivity index (χ0) is 16.5. The van der Waals surface area contributed by atoms with Crippen molar-refractivity contribution in [2.45, 2.75) is 19.4 Å². The number of hydrogen-bond acceptors (Lipinski definition) is 6. The molecular formula is C15H20BrN3O3. The van der Waals surface area contributed by atoms with Gasteiger partial charge < -0.3 is 25.6 Å². The van der Waals surface area contributed by atoms with Crippen LogP contribution in [0.5, 0.6) is 11.5 Å². The first-order valence-electron chi connectivity index (χ1n) is 6.72. The number of pyridine rings is 1. The quantitative estimate of drug-likeness (QED) is 0.702. The van der Waals surface area contributed by atoms with Gasteiger partial charge in [-0.1, -0.05) is 0 Å². The Morgan fingerprint density at radius 3 is 2.55 bits per heavy atom. The molecule has 0 radical (unpaired) electrons. The smallest absolute Gasteiger partial charge is 0.172 e. The van der Waals surface area contributed by atoms with Crippen LogP contribution in [-0.2, 0) is 0 Å². The standard InChI is InChI=1S/C15H20BrN3O3/c1-15(2,7-20)19-14-12-11(8(16)6-18-14)9(17)5-10(21-3)13(12)22-4/h5-6,20H,7,17H2,1-4H3,(H,18,19). The zero-order valence-electron chi connectivity index (χ0n) is 13.0. The molecule has 2 aromatic rings. The van der Waals surface area contributed by atoms with Crippen LogP contribution in [0.3, 0.4) is 0 Å². The van der Waals surface area contributed by atoms with Crippen LogP contribution in [0, 0.1) is 0 Å². The molecule has 0 atom stereocenters. The highest BCUT2D eigenvalue weighted by Gasteiger charge is 2.23. The molecule has 4 N–H and O–H groups in total. The molecule has 0 aliphatic rings. The number of halogens is 1. The molecule has 0 aliphatic heterocycles. The second-order valence-electron chi connectivity index (χ2n) is 5.57. The first-order valence-corrected chi connectivity index (χ1v) is 7.51. The summed E-state index contributed by atoms with van der Waals surface area (Å²) < 4.78 is 11.6. The van der Waals surface area contributed by atoms with E-state index in [1.165, 1.54) is 0 Å². The van der Waals surface area contributed by atoms with Gasteiger partial charge in [-0.15, -0.1) is 0 Å². The van der Waals surface area contributed by atoms with E-state index in [0.29, 0.717) is 28.4 Å². The van der Waals surface area contributed by atoms with Crippen LogP contribution in [0.2, 0.25) is 0 Å². The van der Waals surface area contributed by atoms with Gasteiger partial charge in [-0.25, -0.2) is 4.98 Å². The SMILES string of the molecule is COc1cc(N)c2c(Br)cnc(NC(C)(C)CO)c2c1OC. The summed E-state index contributed by atoms with van der Waals surface area (Å²) in [6.07, 6.45) is 1.67. The molecule has 0 saturated carbocycles. The fourth-order valence-electron chi connectivity index (χ4n) is 2.20. The van der Waals surface area contributed by atoms with Crippen molar-refractivity contribution >= 4 is 38.2 Å². The van der Waals surface area contributed by atoms with Crippen LogP contribution in [0.1, 0.15) is 13.8 Å². The lowest BCUT2D eigenvalue weighted by molar-refractivity contribution is 0.234. The van der Waals surface area contributed by atoms with Crippen molar-refractivity contribution in [3.8, 4) is 11.5 Å². The number of rotatable bonds is 5. The van der Waals surface area contributed by atoms with Gasteiger partial charge in [0.15, 0.2) is 11.5 Å². The second kappa shape index (κ2) is 6.18. The van der Waals surface area contributed by atoms with Crippen LogP contribution in [0.4, 0.5) is 11.5 Å². The van der Waals surface area contributed by atoms with Crippen molar-refractivity contribution in [2.75, 3.05) is 31.9 Å². The fraction of sp³-hybridized carbons (Fsp3) is 0.400. The molecule has 1 aromatic carbocycles. The van der Waals surface area contributed by atoms with Crippen molar-refractivity contribution in [3.63, 3.8) is 0 Å². The van der Waals surface area contributed by atoms with Crippen molar-refractivity contribution in [2.24, 2.45) is 0 Å². The number of anilines is 2. The Balaban J connectivity index is 2.83. The fourth-order valence-corrected chi connectivity index (χ4v) is 2.73. The Labute approximate surface area is 137 Å². The van der Waals surface area contributed by atoms with E-state index in [0.717, 1.165) is 9.86 Å². The summed E-state index contributed by atoms with van der Waals surface area (Å²) in [6, 6.07) is 1.72. The maximum Gasteiger partial charge on any atom is 0.172 e. The summed E-state index contributed by atoms with van der Waals surface area (Å²) in [6.45, 7) is 3.70. The van der Waals surface area contributed by atoms with Gasteiger partial charge in [0, 0.05) is 27.8 Å². The largest absolute Gasteiger partial charge is 0.493 e. The molecular weight excluding hydrogens is 350 g/mol. The molecule has 0 unspecified atom stereocenters. The number of nitrogens with two attached hydrogens (primary N) is 1. The van der Waals surface area contributed by atoms with E-state index in [9.17, 15) is 5.11 Å². The van der Waals surface area contributed by atoms with Crippen LogP contribution >= 0.6 is 15.9 Å². The Bertz CT molecular complexity index is 704. The minimum Gasteiger partial charge on any atom is -0.493 e. The van der Waals surface area contributed by atoms with E-state index in [-0.39, 0.29) is 6.61 Å². The number of nitrogen functional groups attached to an aromatic ring is 1. The van der Waals surface area contributed by atoms with Crippen LogP contribution < -0.4 is 20.5 Å². The number of benzene rings is 1. The van der Waals surface area contributed by atoms with Crippen molar-refractivity contribution in [1.82, 2.24) is 4.98 Å². The Morgan fingerprint density at radius 1 is 1.32 bits per heavy atom. The molecule has 0 spiro atoms. The lowest BCUT2D eigenvalue weighted by atomic mass is 10.0. The lowest BCUT2D eigenvalue weighted by Gasteiger charge is -2.26. The van der Waals surface area contributed by atoms with Crippen molar-refractivity contribution < 1.29 is 14.6 Å². The van der Waals surface area contributed by atoms with Crippen LogP contribution in [0.25, 0.3) is 10.8 Å². The van der Waals surface area contributed by atoms with E-state index in [1.807, 2.05) is 13.8 Å². The van der Waals surface area contributed by atoms with Gasteiger partial charge in [0.1, 0.15) is 5.82 Å². The van der Waals surface area contributed by atoms with Gasteiger partial charge in [0.25, 0.3) is 0 Å². The zero-order valence-corrected chi connectivity index (χ0v) is 14.6. The van der Waals surface area contributed by atoms with Gasteiger partial charge in [0.2, 0.25) is 0 Å². The number of nitrogens with zero attached hydrogens (tertiary/aromatic N) is 1. The van der Waals surface area contributed by atoms with Gasteiger partial charge in [-0.3, -0.25) is 0 Å². The summed E-state index contributed by atoms with van der Waals surface area (Å²) in [7, 11) is 3.12. The summed E-state index contributed by atoms with van der Waals surface area (Å²) in [5.74, 6) is 1.63. The first kappa shape index (κ1) is 16.6. The summed E-state index contributed by atoms with van der Waals surface area (Å²) in [4.78, 5) is 4.40. The molecule has 0 aliphatic carbocycles. The average Bonchev–Trinajstić information content (AvgIpc) is 2.49. The summed E-state index contributed by atoms with van der Waals surface area (Å²) >= 11 is 3.47. The van der Waals surface area contributed by atoms with Crippen molar-refractivity contribution in [1.29, 1.82) is 0 Å². The molecule has 0 amide bonds. The van der Waals surface area contributed by atoms with Crippen LogP contribution in [-0.4, -0.2) is 36.5 Å². The predicted molar refractivity (Wildman–Crippen MR) is 91.7 cm³/mol. The molecule has 0 fully saturated rings. The highest BCUT2D eigenvalue weighted by molar-refractivity contribution is 9.10. The second-order valence-corrected chi connectivity index (χ2v) is 6.43. The molecule has 1 aromatic heterocycles. The van der Waals surface area contributed by atoms with Crippen molar-refractivity contribution in [3.05, 3.63) is 16.7 Å². The minimum absolute atomic E-state index is 0.0476. The van der Waals surface area contributed by atoms with E-state index in [1.54, 1.807) is 26.5 Å². The first-order chi connectivity index (χ1) is 10.3. The number of aromatic nitrogens is 1. The Hall–Kier alpha value is -1.73. The number of aliphatic hydroxyl groups is 1. The number of aliphatic hydroxyl groups excluding tert-OH is 1. The summed E-state index contributed by atoms with van der Waals surface area (Å²) in [5, 5.41) is 14.2. The third-order valence-electron chi connectivity index (χ3n) is 3.33. The monoisotopic (exact) mass is 369 g/mol. The van der Waals surface area contributed by atoms with Gasteiger partial charge in [-0.2, -0.15) is 0 Å². The molecule has 22 heavy (non-hydrogen) atoms. The number of hydrogen-bond donors (Lipinski definition) is 3. The highest BCUT2D eigenvalue weighted by atomic mass is 79.9. The van der Waals surface area contributed by atoms with E-state index >= 15 is 0 Å². The van der Waals surface area contributed by atoms with E-state index in [4.69, 9.17) is 15.2 Å². The minimum atomic E-state index is -0.545. The number of fused-ring (bicyclic) bond motifs is 1. The molecule has 7 heteroatoms. The normalized spacial score (nSPS) is 11.5. The van der Waals surface area contributed by atoms with Gasteiger partial charge in [0.05, 0.1) is 31.8 Å². The van der Waals surface area contributed by atoms with Crippen LogP contribution in [0.15, 0.2) is 16.7 Å². The molecule has 0 saturated heterocycles. The number of ether oxygens (including phenoxy) is 2. The number of methoxy groups -OCH3 is 2. The van der Waals surface area contributed by atoms with Gasteiger partial charge in [-0.05, 0) is 29.8 Å². The Morgan fingerprint density at radius 2 is 2.00 bits per heavy atom. The molecule has 6 nitrogen and oxygen atoms in total. The average molecular weight is 370 g/mol. The number of nitrogens with one attached hydrogen (secondary N) is 1. The van der Waals surface area contributed by atoms with E-state index < -0.39 is 5.54 Å². The maximum absolute atomic E-state index is 9.48. The van der Waals surface area contributed by atoms with Gasteiger partial charge >= 0.3 is 0 Å². The lowest BCUT2D eigenvalue weighted by Crippen LogP contribution is -2.35. The van der Waals surface area contributed by atoms with E-state index in [2.05, 4.69) is 26.2 Å². The molecule has 120 valence electrons. The predicted octanol–water partition coefficient (Wildman–Crippen LogP) is 2.78.